The van der Waals surface area contributed by atoms with Crippen LogP contribution >= 0.6 is 0 Å². The van der Waals surface area contributed by atoms with Crippen LogP contribution in [0.1, 0.15) is 66.2 Å². The van der Waals surface area contributed by atoms with Gasteiger partial charge in [-0.15, -0.1) is 0 Å². The van der Waals surface area contributed by atoms with E-state index in [0.717, 1.165) is 40.3 Å². The zero-order valence-corrected chi connectivity index (χ0v) is 24.2. The number of rotatable bonds is 9. The van der Waals surface area contributed by atoms with Gasteiger partial charge in [-0.3, -0.25) is 14.8 Å². The number of H-pyrrole nitrogens is 1. The van der Waals surface area contributed by atoms with Gasteiger partial charge < -0.3 is 20.1 Å². The number of hydrogen-bond donors (Lipinski definition) is 2. The first-order valence-electron chi connectivity index (χ1n) is 13.9. The number of pyridine rings is 1. The van der Waals surface area contributed by atoms with Crippen LogP contribution in [0, 0.1) is 27.7 Å². The summed E-state index contributed by atoms with van der Waals surface area (Å²) in [5.74, 6) is 0. The summed E-state index contributed by atoms with van der Waals surface area (Å²) in [4.78, 5) is 29.7. The monoisotopic (exact) mass is 516 g/mol. The van der Waals surface area contributed by atoms with Crippen LogP contribution < -0.4 is 15.8 Å². The maximum Gasteiger partial charge on any atom is 0.252 e. The molecule has 7 heteroatoms. The van der Waals surface area contributed by atoms with Crippen molar-refractivity contribution in [1.82, 2.24) is 25.2 Å². The van der Waals surface area contributed by atoms with Crippen molar-refractivity contribution >= 4 is 5.69 Å². The molecule has 2 heterocycles. The Bertz CT molecular complexity index is 1290. The van der Waals surface area contributed by atoms with Gasteiger partial charge in [0.15, 0.2) is 0 Å². The lowest BCUT2D eigenvalue weighted by molar-refractivity contribution is 0.214. The molecule has 0 atom stereocenters. The summed E-state index contributed by atoms with van der Waals surface area (Å²) < 4.78 is 0. The van der Waals surface area contributed by atoms with Gasteiger partial charge in [-0.1, -0.05) is 0 Å². The summed E-state index contributed by atoms with van der Waals surface area (Å²) >= 11 is 0. The third-order valence-electron chi connectivity index (χ3n) is 8.16. The van der Waals surface area contributed by atoms with E-state index in [0.29, 0.717) is 25.2 Å². The van der Waals surface area contributed by atoms with Crippen molar-refractivity contribution < 1.29 is 0 Å². The largest absolute Gasteiger partial charge is 0.369 e. The van der Waals surface area contributed by atoms with Crippen LogP contribution in [0.5, 0.6) is 0 Å². The summed E-state index contributed by atoms with van der Waals surface area (Å²) in [6.45, 7) is 12.5. The summed E-state index contributed by atoms with van der Waals surface area (Å²) in [6, 6.07) is 7.77. The predicted molar refractivity (Wildman–Crippen MR) is 157 cm³/mol. The Balaban J connectivity index is 1.64. The molecule has 0 bridgehead atoms. The van der Waals surface area contributed by atoms with Crippen LogP contribution in [-0.4, -0.2) is 52.6 Å². The van der Waals surface area contributed by atoms with E-state index in [2.05, 4.69) is 65.2 Å². The van der Waals surface area contributed by atoms with Crippen molar-refractivity contribution in [2.45, 2.75) is 85.5 Å². The second-order valence-corrected chi connectivity index (χ2v) is 11.1. The van der Waals surface area contributed by atoms with Gasteiger partial charge in [0.05, 0.1) is 17.6 Å². The van der Waals surface area contributed by atoms with E-state index in [-0.39, 0.29) is 5.56 Å². The molecule has 0 radical (unpaired) electrons. The lowest BCUT2D eigenvalue weighted by Crippen LogP contribution is -2.42. The average Bonchev–Trinajstić information content (AvgIpc) is 2.88. The summed E-state index contributed by atoms with van der Waals surface area (Å²) in [5, 5.41) is 3.55. The fraction of sp³-hybridized carbons (Fsp3) is 0.516. The van der Waals surface area contributed by atoms with E-state index < -0.39 is 0 Å². The minimum Gasteiger partial charge on any atom is -0.369 e. The highest BCUT2D eigenvalue weighted by molar-refractivity contribution is 5.70. The van der Waals surface area contributed by atoms with E-state index in [1.807, 2.05) is 39.2 Å². The van der Waals surface area contributed by atoms with E-state index in [9.17, 15) is 4.79 Å². The first-order chi connectivity index (χ1) is 18.2. The quantitative estimate of drug-likeness (QED) is 0.414. The van der Waals surface area contributed by atoms with Crippen molar-refractivity contribution in [2.24, 2.45) is 0 Å². The minimum atomic E-state index is -0.0124. The van der Waals surface area contributed by atoms with Crippen LogP contribution in [0.15, 0.2) is 35.4 Å². The molecule has 0 unspecified atom stereocenters. The molecule has 204 valence electrons. The predicted octanol–water partition coefficient (Wildman–Crippen LogP) is 5.05. The lowest BCUT2D eigenvalue weighted by atomic mass is 9.88. The number of hydrogen-bond acceptors (Lipinski definition) is 6. The van der Waals surface area contributed by atoms with Gasteiger partial charge in [-0.05, 0) is 109 Å². The number of nitrogens with one attached hydrogen (secondary N) is 2. The molecule has 1 fully saturated rings. The summed E-state index contributed by atoms with van der Waals surface area (Å²) in [7, 11) is 4.40. The van der Waals surface area contributed by atoms with Crippen LogP contribution in [-0.2, 0) is 13.1 Å². The van der Waals surface area contributed by atoms with Crippen LogP contribution in [0.2, 0.25) is 0 Å². The van der Waals surface area contributed by atoms with Crippen molar-refractivity contribution in [3.8, 4) is 11.3 Å². The Morgan fingerprint density at radius 1 is 0.947 bits per heavy atom. The van der Waals surface area contributed by atoms with Gasteiger partial charge >= 0.3 is 0 Å². The van der Waals surface area contributed by atoms with Crippen LogP contribution in [0.4, 0.5) is 5.69 Å². The number of nitrogens with zero attached hydrogens (tertiary/aromatic N) is 4. The third kappa shape index (κ3) is 6.33. The molecule has 2 N–H and O–H groups in total. The fourth-order valence-electron chi connectivity index (χ4n) is 5.86. The number of aromatic nitrogens is 3. The molecule has 0 spiro atoms. The fourth-order valence-corrected chi connectivity index (χ4v) is 5.86. The molecule has 3 aromatic rings. The second-order valence-electron chi connectivity index (χ2n) is 11.1. The number of aryl methyl sites for hydroxylation is 3. The SMILES string of the molecule is CCN(c1cc(-c2cnc(C)cn2)cc(CNCc2c(C)cc(C)[nH]c2=O)c1C)[C@H]1CC[C@H](N(C)C)CC1. The highest BCUT2D eigenvalue weighted by Crippen LogP contribution is 2.35. The topological polar surface area (TPSA) is 77.1 Å². The molecular formula is C31H44N6O. The standard InChI is InChI=1S/C31H44N6O/c1-8-37(27-11-9-26(10-12-27)36(6)7)30-15-24(29-19-33-22(4)16-34-29)14-25(23(30)5)17-32-18-28-20(2)13-21(3)35-31(28)38/h13-16,19,26-27,32H,8-12,17-18H2,1-7H3,(H,35,38)/t26-,27-. The molecule has 7 nitrogen and oxygen atoms in total. The maximum absolute atomic E-state index is 12.5. The van der Waals surface area contributed by atoms with Crippen LogP contribution in [0.25, 0.3) is 11.3 Å². The van der Waals surface area contributed by atoms with Crippen LogP contribution in [0.3, 0.4) is 0 Å². The normalized spacial score (nSPS) is 17.7. The Hall–Kier alpha value is -3.03. The molecule has 38 heavy (non-hydrogen) atoms. The first kappa shape index (κ1) is 28.0. The van der Waals surface area contributed by atoms with Gasteiger partial charge in [-0.25, -0.2) is 0 Å². The third-order valence-corrected chi connectivity index (χ3v) is 8.16. The van der Waals surface area contributed by atoms with Gasteiger partial charge in [0.1, 0.15) is 0 Å². The first-order valence-corrected chi connectivity index (χ1v) is 13.9. The molecule has 0 aliphatic heterocycles. The Labute approximate surface area is 227 Å². The molecule has 1 aromatic carbocycles. The second kappa shape index (κ2) is 12.2. The lowest BCUT2D eigenvalue weighted by Gasteiger charge is -2.40. The summed E-state index contributed by atoms with van der Waals surface area (Å²) in [5.41, 5.74) is 9.36. The van der Waals surface area contributed by atoms with Gasteiger partial charge in [0.2, 0.25) is 0 Å². The van der Waals surface area contributed by atoms with E-state index >= 15 is 0 Å². The number of benzene rings is 1. The molecule has 1 saturated carbocycles. The number of aromatic amines is 1. The molecular weight excluding hydrogens is 472 g/mol. The molecule has 4 rings (SSSR count). The molecule has 2 aromatic heterocycles. The smallest absolute Gasteiger partial charge is 0.252 e. The molecule has 0 saturated heterocycles. The van der Waals surface area contributed by atoms with Crippen molar-refractivity contribution in [3.05, 3.63) is 74.6 Å². The van der Waals surface area contributed by atoms with Crippen molar-refractivity contribution in [3.63, 3.8) is 0 Å². The van der Waals surface area contributed by atoms with Gasteiger partial charge in [0, 0.05) is 60.4 Å². The Morgan fingerprint density at radius 3 is 2.26 bits per heavy atom. The van der Waals surface area contributed by atoms with Crippen molar-refractivity contribution in [2.75, 3.05) is 25.5 Å². The Kier molecular flexibility index (Phi) is 9.00. The average molecular weight is 517 g/mol. The molecule has 1 aliphatic carbocycles. The highest BCUT2D eigenvalue weighted by atomic mass is 16.1. The van der Waals surface area contributed by atoms with E-state index in [1.165, 1.54) is 42.5 Å². The minimum absolute atomic E-state index is 0.0124. The molecule has 0 amide bonds. The number of anilines is 1. The highest BCUT2D eigenvalue weighted by Gasteiger charge is 2.28. The summed E-state index contributed by atoms with van der Waals surface area (Å²) in [6.07, 6.45) is 8.57. The zero-order chi connectivity index (χ0) is 27.4. The van der Waals surface area contributed by atoms with Gasteiger partial charge in [-0.2, -0.15) is 0 Å². The van der Waals surface area contributed by atoms with E-state index in [4.69, 9.17) is 4.98 Å². The van der Waals surface area contributed by atoms with E-state index in [1.54, 1.807) is 0 Å². The molecule has 1 aliphatic rings. The van der Waals surface area contributed by atoms with Gasteiger partial charge in [0.25, 0.3) is 5.56 Å². The maximum atomic E-state index is 12.5. The Morgan fingerprint density at radius 2 is 1.66 bits per heavy atom. The zero-order valence-electron chi connectivity index (χ0n) is 24.2. The van der Waals surface area contributed by atoms with Crippen molar-refractivity contribution in [1.29, 1.82) is 0 Å².